The highest BCUT2D eigenvalue weighted by Crippen LogP contribution is 2.28. The van der Waals surface area contributed by atoms with E-state index in [1.54, 1.807) is 64.3 Å². The summed E-state index contributed by atoms with van der Waals surface area (Å²) >= 11 is 1.28. The zero-order chi connectivity index (χ0) is 20.9. The lowest BCUT2D eigenvalue weighted by Crippen LogP contribution is -2.24. The van der Waals surface area contributed by atoms with Crippen LogP contribution in [0.25, 0.3) is 0 Å². The molecule has 2 aromatic rings. The van der Waals surface area contributed by atoms with Crippen LogP contribution in [-0.4, -0.2) is 30.1 Å². The molecule has 0 fully saturated rings. The second-order valence-corrected chi connectivity index (χ2v) is 8.15. The fourth-order valence-electron chi connectivity index (χ4n) is 2.49. The standard InChI is InChI=1S/C21H25NO5S/c1-6-26-20(25)17-13(2)12-28-18(17)22-16(23)11-14-8-7-9-15(10-14)19(24)27-21(3,4)5/h7-10,12H,6,11H2,1-5H3,(H,22,23). The van der Waals surface area contributed by atoms with E-state index in [4.69, 9.17) is 9.47 Å². The fourth-order valence-corrected chi connectivity index (χ4v) is 3.44. The minimum absolute atomic E-state index is 0.0653. The summed E-state index contributed by atoms with van der Waals surface area (Å²) in [5.74, 6) is -1.18. The van der Waals surface area contributed by atoms with Crippen LogP contribution in [0.1, 0.15) is 59.5 Å². The van der Waals surface area contributed by atoms with Gasteiger partial charge in [0.1, 0.15) is 10.6 Å². The topological polar surface area (TPSA) is 81.7 Å². The van der Waals surface area contributed by atoms with E-state index >= 15 is 0 Å². The Labute approximate surface area is 168 Å². The van der Waals surface area contributed by atoms with Gasteiger partial charge in [0.05, 0.1) is 24.2 Å². The molecule has 0 aliphatic rings. The van der Waals surface area contributed by atoms with Gasteiger partial charge in [-0.3, -0.25) is 4.79 Å². The van der Waals surface area contributed by atoms with Gasteiger partial charge in [0.15, 0.2) is 0 Å². The van der Waals surface area contributed by atoms with Crippen molar-refractivity contribution in [3.05, 3.63) is 51.9 Å². The second-order valence-electron chi connectivity index (χ2n) is 7.27. The third-order valence-electron chi connectivity index (χ3n) is 3.63. The quantitative estimate of drug-likeness (QED) is 0.724. The smallest absolute Gasteiger partial charge is 0.341 e. The number of benzene rings is 1. The first kappa shape index (κ1) is 21.6. The van der Waals surface area contributed by atoms with Crippen LogP contribution in [0.15, 0.2) is 29.6 Å². The van der Waals surface area contributed by atoms with Gasteiger partial charge in [-0.2, -0.15) is 0 Å². The molecule has 7 heteroatoms. The Balaban J connectivity index is 2.10. The highest BCUT2D eigenvalue weighted by atomic mass is 32.1. The Hall–Kier alpha value is -2.67. The summed E-state index contributed by atoms with van der Waals surface area (Å²) < 4.78 is 10.4. The van der Waals surface area contributed by atoms with E-state index in [1.807, 2.05) is 0 Å². The van der Waals surface area contributed by atoms with Crippen molar-refractivity contribution in [1.82, 2.24) is 0 Å². The third-order valence-corrected chi connectivity index (χ3v) is 4.65. The number of hydrogen-bond donors (Lipinski definition) is 1. The summed E-state index contributed by atoms with van der Waals surface area (Å²) in [4.78, 5) is 36.8. The largest absolute Gasteiger partial charge is 0.462 e. The molecule has 6 nitrogen and oxygen atoms in total. The van der Waals surface area contributed by atoms with Gasteiger partial charge < -0.3 is 14.8 Å². The number of aryl methyl sites for hydroxylation is 1. The van der Waals surface area contributed by atoms with Crippen LogP contribution in [0.4, 0.5) is 5.00 Å². The highest BCUT2D eigenvalue weighted by molar-refractivity contribution is 7.15. The van der Waals surface area contributed by atoms with Crippen molar-refractivity contribution >= 4 is 34.2 Å². The molecule has 0 aliphatic heterocycles. The summed E-state index contributed by atoms with van der Waals surface area (Å²) in [6.45, 7) is 9.18. The van der Waals surface area contributed by atoms with Crippen LogP contribution in [0.5, 0.6) is 0 Å². The first-order valence-electron chi connectivity index (χ1n) is 8.98. The molecule has 0 saturated heterocycles. The van der Waals surface area contributed by atoms with Crippen LogP contribution in [0.3, 0.4) is 0 Å². The van der Waals surface area contributed by atoms with Gasteiger partial charge in [0.2, 0.25) is 5.91 Å². The Morgan fingerprint density at radius 3 is 2.50 bits per heavy atom. The van der Waals surface area contributed by atoms with Gasteiger partial charge in [-0.15, -0.1) is 11.3 Å². The lowest BCUT2D eigenvalue weighted by Gasteiger charge is -2.19. The fraction of sp³-hybridized carbons (Fsp3) is 0.381. The summed E-state index contributed by atoms with van der Waals surface area (Å²) in [5, 5.41) is 5.03. The van der Waals surface area contributed by atoms with Gasteiger partial charge in [0, 0.05) is 0 Å². The predicted octanol–water partition coefficient (Wildman–Crippen LogP) is 4.37. The van der Waals surface area contributed by atoms with Gasteiger partial charge in [-0.25, -0.2) is 9.59 Å². The van der Waals surface area contributed by atoms with Crippen LogP contribution in [-0.2, 0) is 20.7 Å². The monoisotopic (exact) mass is 403 g/mol. The van der Waals surface area contributed by atoms with Gasteiger partial charge in [-0.1, -0.05) is 12.1 Å². The molecule has 0 bridgehead atoms. The van der Waals surface area contributed by atoms with Crippen molar-refractivity contribution in [3.8, 4) is 0 Å². The van der Waals surface area contributed by atoms with E-state index in [0.29, 0.717) is 21.7 Å². The van der Waals surface area contributed by atoms with Crippen molar-refractivity contribution < 1.29 is 23.9 Å². The first-order chi connectivity index (χ1) is 13.1. The van der Waals surface area contributed by atoms with E-state index in [-0.39, 0.29) is 18.9 Å². The van der Waals surface area contributed by atoms with Crippen molar-refractivity contribution in [2.24, 2.45) is 0 Å². The summed E-state index contributed by atoms with van der Waals surface area (Å²) in [7, 11) is 0. The zero-order valence-corrected chi connectivity index (χ0v) is 17.6. The Bertz CT molecular complexity index is 879. The maximum Gasteiger partial charge on any atom is 0.341 e. The van der Waals surface area contributed by atoms with Crippen LogP contribution >= 0.6 is 11.3 Å². The van der Waals surface area contributed by atoms with E-state index < -0.39 is 17.5 Å². The van der Waals surface area contributed by atoms with Crippen molar-refractivity contribution in [2.45, 2.75) is 46.6 Å². The summed E-state index contributed by atoms with van der Waals surface area (Å²) in [6, 6.07) is 6.76. The maximum absolute atomic E-state index is 12.5. The van der Waals surface area contributed by atoms with Gasteiger partial charge >= 0.3 is 11.9 Å². The Morgan fingerprint density at radius 2 is 1.86 bits per heavy atom. The summed E-state index contributed by atoms with van der Waals surface area (Å²) in [5.41, 5.74) is 1.60. The molecule has 1 N–H and O–H groups in total. The van der Waals surface area contributed by atoms with Crippen LogP contribution in [0, 0.1) is 6.92 Å². The molecule has 0 radical (unpaired) electrons. The van der Waals surface area contributed by atoms with E-state index in [1.165, 1.54) is 11.3 Å². The van der Waals surface area contributed by atoms with E-state index in [0.717, 1.165) is 5.56 Å². The minimum atomic E-state index is -0.592. The molecule has 0 aliphatic carbocycles. The second kappa shape index (κ2) is 9.01. The van der Waals surface area contributed by atoms with Crippen molar-refractivity contribution in [3.63, 3.8) is 0 Å². The molecule has 0 spiro atoms. The molecule has 1 aromatic carbocycles. The molecular formula is C21H25NO5S. The SMILES string of the molecule is CCOC(=O)c1c(C)csc1NC(=O)Cc1cccc(C(=O)OC(C)(C)C)c1. The molecule has 150 valence electrons. The number of thiophene rings is 1. The average Bonchev–Trinajstić information content (AvgIpc) is 2.94. The Kier molecular flexibility index (Phi) is 6.96. The normalized spacial score (nSPS) is 11.0. The first-order valence-corrected chi connectivity index (χ1v) is 9.86. The molecule has 0 atom stereocenters. The number of hydrogen-bond acceptors (Lipinski definition) is 6. The number of carbonyl (C=O) groups excluding carboxylic acids is 3. The van der Waals surface area contributed by atoms with Crippen LogP contribution in [0.2, 0.25) is 0 Å². The maximum atomic E-state index is 12.5. The lowest BCUT2D eigenvalue weighted by molar-refractivity contribution is -0.115. The minimum Gasteiger partial charge on any atom is -0.462 e. The number of nitrogens with one attached hydrogen (secondary N) is 1. The molecule has 1 heterocycles. The predicted molar refractivity (Wildman–Crippen MR) is 109 cm³/mol. The molecule has 1 amide bonds. The highest BCUT2D eigenvalue weighted by Gasteiger charge is 2.21. The number of ether oxygens (including phenoxy) is 2. The molecule has 0 saturated carbocycles. The van der Waals surface area contributed by atoms with Gasteiger partial charge in [0.25, 0.3) is 0 Å². The number of anilines is 1. The van der Waals surface area contributed by atoms with Crippen LogP contribution < -0.4 is 5.32 Å². The van der Waals surface area contributed by atoms with Crippen molar-refractivity contribution in [2.75, 3.05) is 11.9 Å². The number of esters is 2. The number of amides is 1. The molecular weight excluding hydrogens is 378 g/mol. The number of rotatable bonds is 6. The average molecular weight is 404 g/mol. The lowest BCUT2D eigenvalue weighted by atomic mass is 10.1. The van der Waals surface area contributed by atoms with Crippen molar-refractivity contribution in [1.29, 1.82) is 0 Å². The van der Waals surface area contributed by atoms with E-state index in [9.17, 15) is 14.4 Å². The molecule has 0 unspecified atom stereocenters. The third kappa shape index (κ3) is 5.92. The Morgan fingerprint density at radius 1 is 1.14 bits per heavy atom. The van der Waals surface area contributed by atoms with E-state index in [2.05, 4.69) is 5.32 Å². The number of carbonyl (C=O) groups is 3. The molecule has 28 heavy (non-hydrogen) atoms. The zero-order valence-electron chi connectivity index (χ0n) is 16.8. The van der Waals surface area contributed by atoms with Gasteiger partial charge in [-0.05, 0) is 63.3 Å². The summed E-state index contributed by atoms with van der Waals surface area (Å²) in [6.07, 6.45) is 0.0653. The molecule has 1 aromatic heterocycles. The molecule has 2 rings (SSSR count).